The Kier molecular flexibility index (Phi) is 7.04. The molecule has 30 heavy (non-hydrogen) atoms. The fraction of sp³-hybridized carbons (Fsp3) is 0.429. The van der Waals surface area contributed by atoms with E-state index in [0.29, 0.717) is 6.42 Å². The van der Waals surface area contributed by atoms with E-state index < -0.39 is 6.43 Å². The van der Waals surface area contributed by atoms with E-state index in [4.69, 9.17) is 4.74 Å². The molecule has 0 amide bonds. The normalized spacial score (nSPS) is 18.0. The second-order valence-corrected chi connectivity index (χ2v) is 7.28. The van der Waals surface area contributed by atoms with Gasteiger partial charge in [-0.25, -0.2) is 13.5 Å². The highest BCUT2D eigenvalue weighted by Gasteiger charge is 2.23. The SMILES string of the molecule is C/C(=C\C=C(/C)c1cnnc(C)c1)OCc1c(C)nnn1C1CC=C(C(F)F)CN1. The van der Waals surface area contributed by atoms with E-state index in [0.717, 1.165) is 34.0 Å². The van der Waals surface area contributed by atoms with Crippen LogP contribution in [0.5, 0.6) is 0 Å². The van der Waals surface area contributed by atoms with Crippen molar-refractivity contribution in [3.63, 3.8) is 0 Å². The minimum atomic E-state index is -2.44. The quantitative estimate of drug-likeness (QED) is 0.419. The molecule has 0 bridgehead atoms. The minimum Gasteiger partial charge on any atom is -0.492 e. The average molecular weight is 416 g/mol. The molecule has 0 saturated heterocycles. The average Bonchev–Trinajstić information content (AvgIpc) is 3.10. The molecule has 3 rings (SSSR count). The summed E-state index contributed by atoms with van der Waals surface area (Å²) in [6.45, 7) is 8.05. The van der Waals surface area contributed by atoms with Crippen LogP contribution in [-0.4, -0.2) is 38.2 Å². The van der Waals surface area contributed by atoms with Crippen molar-refractivity contribution in [2.45, 2.75) is 53.3 Å². The Morgan fingerprint density at radius 2 is 2.10 bits per heavy atom. The van der Waals surface area contributed by atoms with Gasteiger partial charge in [0.15, 0.2) is 0 Å². The smallest absolute Gasteiger partial charge is 0.261 e. The van der Waals surface area contributed by atoms with Crippen molar-refractivity contribution in [1.29, 1.82) is 0 Å². The molecule has 7 nitrogen and oxygen atoms in total. The molecular weight excluding hydrogens is 390 g/mol. The first kappa shape index (κ1) is 21.8. The summed E-state index contributed by atoms with van der Waals surface area (Å²) in [5, 5.41) is 19.3. The van der Waals surface area contributed by atoms with Crippen LogP contribution in [0.4, 0.5) is 8.78 Å². The molecule has 2 aromatic rings. The number of ether oxygens (including phenoxy) is 1. The van der Waals surface area contributed by atoms with Crippen molar-refractivity contribution >= 4 is 5.57 Å². The Hall–Kier alpha value is -2.94. The van der Waals surface area contributed by atoms with Gasteiger partial charge in [-0.15, -0.1) is 5.10 Å². The Bertz CT molecular complexity index is 980. The molecule has 1 aliphatic rings. The third kappa shape index (κ3) is 5.35. The van der Waals surface area contributed by atoms with Gasteiger partial charge in [0.05, 0.1) is 23.3 Å². The molecule has 1 N–H and O–H groups in total. The van der Waals surface area contributed by atoms with Crippen molar-refractivity contribution in [1.82, 2.24) is 30.5 Å². The summed E-state index contributed by atoms with van der Waals surface area (Å²) >= 11 is 0. The van der Waals surface area contributed by atoms with Gasteiger partial charge in [-0.2, -0.15) is 10.2 Å². The van der Waals surface area contributed by atoms with Crippen LogP contribution in [0.25, 0.3) is 5.57 Å². The van der Waals surface area contributed by atoms with Crippen molar-refractivity contribution in [2.24, 2.45) is 0 Å². The molecule has 1 unspecified atom stereocenters. The molecule has 0 saturated carbocycles. The fourth-order valence-corrected chi connectivity index (χ4v) is 3.08. The number of rotatable bonds is 7. The number of aryl methyl sites for hydroxylation is 2. The van der Waals surface area contributed by atoms with E-state index in [2.05, 4.69) is 25.8 Å². The van der Waals surface area contributed by atoms with E-state index in [-0.39, 0.29) is 24.9 Å². The number of hydrogen-bond donors (Lipinski definition) is 1. The zero-order valence-electron chi connectivity index (χ0n) is 17.6. The molecule has 1 aliphatic heterocycles. The topological polar surface area (TPSA) is 77.8 Å². The molecule has 0 fully saturated rings. The van der Waals surface area contributed by atoms with E-state index in [1.807, 2.05) is 45.9 Å². The van der Waals surface area contributed by atoms with Gasteiger partial charge < -0.3 is 4.74 Å². The number of nitrogens with zero attached hydrogens (tertiary/aromatic N) is 5. The predicted molar refractivity (Wildman–Crippen MR) is 109 cm³/mol. The van der Waals surface area contributed by atoms with Gasteiger partial charge in [0.2, 0.25) is 0 Å². The second kappa shape index (κ2) is 9.71. The van der Waals surface area contributed by atoms with Gasteiger partial charge in [-0.1, -0.05) is 17.4 Å². The lowest BCUT2D eigenvalue weighted by molar-refractivity contribution is 0.173. The fourth-order valence-electron chi connectivity index (χ4n) is 3.08. The summed E-state index contributed by atoms with van der Waals surface area (Å²) in [5.74, 6) is 0.733. The van der Waals surface area contributed by atoms with Crippen LogP contribution in [0.3, 0.4) is 0 Å². The standard InChI is InChI=1S/C21H26F2N6O/c1-13(18-9-14(2)26-25-11-18)5-6-15(3)30-12-19-16(4)27-28-29(19)20-8-7-17(10-24-20)21(22)23/h5-7,9,11,20-21,24H,8,10,12H2,1-4H3/b13-5+,15-6+. The highest BCUT2D eigenvalue weighted by atomic mass is 19.3. The van der Waals surface area contributed by atoms with E-state index in [1.54, 1.807) is 17.0 Å². The first-order valence-electron chi connectivity index (χ1n) is 9.74. The highest BCUT2D eigenvalue weighted by molar-refractivity contribution is 5.64. The van der Waals surface area contributed by atoms with Gasteiger partial charge >= 0.3 is 0 Å². The third-order valence-electron chi connectivity index (χ3n) is 4.94. The maximum Gasteiger partial charge on any atom is 0.261 e. The van der Waals surface area contributed by atoms with Gasteiger partial charge in [0.25, 0.3) is 6.43 Å². The van der Waals surface area contributed by atoms with Crippen molar-refractivity contribution in [2.75, 3.05) is 6.54 Å². The summed E-state index contributed by atoms with van der Waals surface area (Å²) in [6, 6.07) is 1.97. The summed E-state index contributed by atoms with van der Waals surface area (Å²) in [7, 11) is 0. The second-order valence-electron chi connectivity index (χ2n) is 7.28. The molecule has 0 radical (unpaired) electrons. The monoisotopic (exact) mass is 416 g/mol. The van der Waals surface area contributed by atoms with Crippen LogP contribution < -0.4 is 5.32 Å². The predicted octanol–water partition coefficient (Wildman–Crippen LogP) is 3.89. The highest BCUT2D eigenvalue weighted by Crippen LogP contribution is 2.22. The minimum absolute atomic E-state index is 0.112. The zero-order valence-corrected chi connectivity index (χ0v) is 17.6. The first-order valence-corrected chi connectivity index (χ1v) is 9.74. The lowest BCUT2D eigenvalue weighted by Crippen LogP contribution is -2.34. The number of aromatic nitrogens is 5. The number of alkyl halides is 2. The Labute approximate surface area is 174 Å². The summed E-state index contributed by atoms with van der Waals surface area (Å²) < 4.78 is 33.2. The Morgan fingerprint density at radius 3 is 2.77 bits per heavy atom. The number of halogens is 2. The number of hydrogen-bond acceptors (Lipinski definition) is 6. The van der Waals surface area contributed by atoms with Crippen molar-refractivity contribution in [3.8, 4) is 0 Å². The first-order chi connectivity index (χ1) is 14.3. The van der Waals surface area contributed by atoms with E-state index >= 15 is 0 Å². The summed E-state index contributed by atoms with van der Waals surface area (Å²) in [4.78, 5) is 0. The van der Waals surface area contributed by atoms with Gasteiger partial charge in [-0.3, -0.25) is 5.32 Å². The molecule has 1 atom stereocenters. The lowest BCUT2D eigenvalue weighted by Gasteiger charge is -2.25. The van der Waals surface area contributed by atoms with E-state index in [9.17, 15) is 8.78 Å². The van der Waals surface area contributed by atoms with Crippen molar-refractivity contribution < 1.29 is 13.5 Å². The van der Waals surface area contributed by atoms with Gasteiger partial charge in [-0.05, 0) is 51.0 Å². The largest absolute Gasteiger partial charge is 0.492 e. The molecule has 2 aromatic heterocycles. The molecule has 0 spiro atoms. The molecule has 3 heterocycles. The third-order valence-corrected chi connectivity index (χ3v) is 4.94. The Balaban J connectivity index is 1.65. The lowest BCUT2D eigenvalue weighted by atomic mass is 10.1. The van der Waals surface area contributed by atoms with Crippen LogP contribution in [0.1, 0.15) is 49.1 Å². The molecular formula is C21H26F2N6O. The molecule has 0 aromatic carbocycles. The van der Waals surface area contributed by atoms with Crippen LogP contribution in [0.2, 0.25) is 0 Å². The maximum atomic E-state index is 12.8. The molecule has 0 aliphatic carbocycles. The van der Waals surface area contributed by atoms with E-state index in [1.165, 1.54) is 0 Å². The molecule has 160 valence electrons. The van der Waals surface area contributed by atoms with Crippen LogP contribution in [0, 0.1) is 13.8 Å². The maximum absolute atomic E-state index is 12.8. The summed E-state index contributed by atoms with van der Waals surface area (Å²) in [6.07, 6.45) is 4.92. The van der Waals surface area contributed by atoms with Gasteiger partial charge in [0.1, 0.15) is 18.5 Å². The van der Waals surface area contributed by atoms with Crippen LogP contribution in [0.15, 0.2) is 41.8 Å². The Morgan fingerprint density at radius 1 is 1.30 bits per heavy atom. The zero-order chi connectivity index (χ0) is 21.7. The number of nitrogens with one attached hydrogen (secondary N) is 1. The van der Waals surface area contributed by atoms with Crippen LogP contribution in [-0.2, 0) is 11.3 Å². The van der Waals surface area contributed by atoms with Gasteiger partial charge in [0, 0.05) is 18.5 Å². The molecule has 9 heteroatoms. The van der Waals surface area contributed by atoms with Crippen LogP contribution >= 0.6 is 0 Å². The van der Waals surface area contributed by atoms with Crippen molar-refractivity contribution in [3.05, 3.63) is 64.5 Å². The summed E-state index contributed by atoms with van der Waals surface area (Å²) in [5.41, 5.74) is 4.58. The number of allylic oxidation sites excluding steroid dienone is 4.